The topological polar surface area (TPSA) is 50.9 Å². The molecule has 0 saturated heterocycles. The molecule has 0 aromatic carbocycles. The number of nitrogens with zero attached hydrogens (tertiary/aromatic N) is 3. The fraction of sp³-hybridized carbons (Fsp3) is 0.500. The first-order valence-electron chi connectivity index (χ1n) is 5.96. The highest BCUT2D eigenvalue weighted by Crippen LogP contribution is 2.25. The SMILES string of the molecule is CCn1c(C)nnc1SCC[C@H](O)c1cccs1. The summed E-state index contributed by atoms with van der Waals surface area (Å²) in [5, 5.41) is 21.1. The Morgan fingerprint density at radius 3 is 3.00 bits per heavy atom. The fourth-order valence-corrected chi connectivity index (χ4v) is 3.50. The molecule has 1 N–H and O–H groups in total. The van der Waals surface area contributed by atoms with Gasteiger partial charge < -0.3 is 9.67 Å². The van der Waals surface area contributed by atoms with Gasteiger partial charge >= 0.3 is 0 Å². The normalized spacial score (nSPS) is 12.8. The summed E-state index contributed by atoms with van der Waals surface area (Å²) in [5.74, 6) is 1.79. The van der Waals surface area contributed by atoms with Gasteiger partial charge in [0.25, 0.3) is 0 Å². The lowest BCUT2D eigenvalue weighted by Crippen LogP contribution is -2.01. The average Bonchev–Trinajstić information content (AvgIpc) is 2.99. The van der Waals surface area contributed by atoms with E-state index in [4.69, 9.17) is 0 Å². The minimum atomic E-state index is -0.364. The number of aliphatic hydroxyl groups is 1. The Labute approximate surface area is 115 Å². The Balaban J connectivity index is 1.85. The number of hydrogen-bond acceptors (Lipinski definition) is 5. The second-order valence-corrected chi connectivity index (χ2v) is 5.98. The van der Waals surface area contributed by atoms with E-state index in [1.807, 2.05) is 24.4 Å². The van der Waals surface area contributed by atoms with E-state index in [0.717, 1.165) is 34.6 Å². The largest absolute Gasteiger partial charge is 0.388 e. The molecule has 0 bridgehead atoms. The van der Waals surface area contributed by atoms with Crippen molar-refractivity contribution in [2.75, 3.05) is 5.75 Å². The monoisotopic (exact) mass is 283 g/mol. The lowest BCUT2D eigenvalue weighted by atomic mass is 10.2. The van der Waals surface area contributed by atoms with Crippen LogP contribution >= 0.6 is 23.1 Å². The van der Waals surface area contributed by atoms with Crippen molar-refractivity contribution in [2.45, 2.75) is 38.1 Å². The summed E-state index contributed by atoms with van der Waals surface area (Å²) in [6, 6.07) is 3.94. The second-order valence-electron chi connectivity index (χ2n) is 3.94. The van der Waals surface area contributed by atoms with Gasteiger partial charge in [-0.15, -0.1) is 21.5 Å². The molecule has 0 aliphatic heterocycles. The third-order valence-electron chi connectivity index (χ3n) is 2.71. The molecule has 6 heteroatoms. The molecular weight excluding hydrogens is 266 g/mol. The van der Waals surface area contributed by atoms with Crippen molar-refractivity contribution in [1.82, 2.24) is 14.8 Å². The zero-order chi connectivity index (χ0) is 13.0. The molecule has 0 spiro atoms. The van der Waals surface area contributed by atoms with E-state index in [1.165, 1.54) is 0 Å². The van der Waals surface area contributed by atoms with E-state index >= 15 is 0 Å². The highest BCUT2D eigenvalue weighted by atomic mass is 32.2. The summed E-state index contributed by atoms with van der Waals surface area (Å²) in [6.45, 7) is 4.93. The van der Waals surface area contributed by atoms with Crippen molar-refractivity contribution in [3.63, 3.8) is 0 Å². The van der Waals surface area contributed by atoms with E-state index in [1.54, 1.807) is 23.1 Å². The first-order valence-corrected chi connectivity index (χ1v) is 7.83. The zero-order valence-electron chi connectivity index (χ0n) is 10.5. The lowest BCUT2D eigenvalue weighted by Gasteiger charge is -2.08. The number of aryl methyl sites for hydroxylation is 1. The Hall–Kier alpha value is -0.850. The van der Waals surface area contributed by atoms with Gasteiger partial charge in [0.15, 0.2) is 5.16 Å². The van der Waals surface area contributed by atoms with Crippen LogP contribution in [0.2, 0.25) is 0 Å². The van der Waals surface area contributed by atoms with Crippen molar-refractivity contribution in [3.8, 4) is 0 Å². The standard InChI is InChI=1S/C12H17N3OS2/c1-3-15-9(2)13-14-12(15)18-8-6-10(16)11-5-4-7-17-11/h4-5,7,10,16H,3,6,8H2,1-2H3/t10-/m0/s1. The molecule has 0 unspecified atom stereocenters. The Bertz CT molecular complexity index is 481. The van der Waals surface area contributed by atoms with Crippen LogP contribution in [0.25, 0.3) is 0 Å². The fourth-order valence-electron chi connectivity index (χ4n) is 1.72. The van der Waals surface area contributed by atoms with Crippen LogP contribution in [-0.4, -0.2) is 25.6 Å². The minimum Gasteiger partial charge on any atom is -0.388 e. The molecule has 2 rings (SSSR count). The van der Waals surface area contributed by atoms with Crippen LogP contribution in [0.15, 0.2) is 22.7 Å². The highest BCUT2D eigenvalue weighted by Gasteiger charge is 2.11. The summed E-state index contributed by atoms with van der Waals surface area (Å²) in [6.07, 6.45) is 0.373. The predicted octanol–water partition coefficient (Wildman–Crippen LogP) is 2.88. The number of thioether (sulfide) groups is 1. The van der Waals surface area contributed by atoms with Crippen molar-refractivity contribution in [1.29, 1.82) is 0 Å². The van der Waals surface area contributed by atoms with Crippen LogP contribution in [-0.2, 0) is 6.54 Å². The highest BCUT2D eigenvalue weighted by molar-refractivity contribution is 7.99. The number of thiophene rings is 1. The number of aliphatic hydroxyl groups excluding tert-OH is 1. The van der Waals surface area contributed by atoms with Crippen LogP contribution in [0.4, 0.5) is 0 Å². The third kappa shape index (κ3) is 3.13. The van der Waals surface area contributed by atoms with Crippen molar-refractivity contribution >= 4 is 23.1 Å². The Morgan fingerprint density at radius 1 is 1.50 bits per heavy atom. The third-order valence-corrected chi connectivity index (χ3v) is 4.69. The van der Waals surface area contributed by atoms with Crippen LogP contribution in [0.5, 0.6) is 0 Å². The molecular formula is C12H17N3OS2. The van der Waals surface area contributed by atoms with E-state index in [0.29, 0.717) is 0 Å². The zero-order valence-corrected chi connectivity index (χ0v) is 12.2. The molecule has 0 aliphatic carbocycles. The first-order chi connectivity index (χ1) is 8.72. The summed E-state index contributed by atoms with van der Waals surface area (Å²) in [4.78, 5) is 1.03. The van der Waals surface area contributed by atoms with Gasteiger partial charge in [-0.1, -0.05) is 17.8 Å². The molecule has 0 fully saturated rings. The molecule has 0 amide bonds. The summed E-state index contributed by atoms with van der Waals surface area (Å²) < 4.78 is 2.09. The maximum absolute atomic E-state index is 9.97. The summed E-state index contributed by atoms with van der Waals surface area (Å²) >= 11 is 3.25. The van der Waals surface area contributed by atoms with E-state index in [9.17, 15) is 5.11 Å². The Kier molecular flexibility index (Phi) is 4.79. The van der Waals surface area contributed by atoms with Gasteiger partial charge in [-0.3, -0.25) is 0 Å². The molecule has 0 radical (unpaired) electrons. The molecule has 1 atom stereocenters. The van der Waals surface area contributed by atoms with Gasteiger partial charge in [0.2, 0.25) is 0 Å². The van der Waals surface area contributed by atoms with E-state index in [2.05, 4.69) is 21.7 Å². The van der Waals surface area contributed by atoms with Crippen molar-refractivity contribution in [2.24, 2.45) is 0 Å². The molecule has 4 nitrogen and oxygen atoms in total. The van der Waals surface area contributed by atoms with E-state index < -0.39 is 0 Å². The maximum atomic E-state index is 9.97. The quantitative estimate of drug-likeness (QED) is 0.828. The van der Waals surface area contributed by atoms with Gasteiger partial charge in [-0.05, 0) is 31.7 Å². The smallest absolute Gasteiger partial charge is 0.191 e. The summed E-state index contributed by atoms with van der Waals surface area (Å²) in [7, 11) is 0. The molecule has 2 heterocycles. The molecule has 98 valence electrons. The van der Waals surface area contributed by atoms with Crippen LogP contribution in [0.1, 0.15) is 30.2 Å². The van der Waals surface area contributed by atoms with Gasteiger partial charge in [0.05, 0.1) is 6.10 Å². The number of aromatic nitrogens is 3. The molecule has 2 aromatic rings. The molecule has 0 saturated carbocycles. The van der Waals surface area contributed by atoms with Gasteiger partial charge in [-0.25, -0.2) is 0 Å². The maximum Gasteiger partial charge on any atom is 0.191 e. The van der Waals surface area contributed by atoms with Crippen LogP contribution in [0, 0.1) is 6.92 Å². The van der Waals surface area contributed by atoms with Gasteiger partial charge in [0, 0.05) is 17.2 Å². The Morgan fingerprint density at radius 2 is 2.33 bits per heavy atom. The van der Waals surface area contributed by atoms with E-state index in [-0.39, 0.29) is 6.10 Å². The minimum absolute atomic E-state index is 0.364. The van der Waals surface area contributed by atoms with Crippen LogP contribution < -0.4 is 0 Å². The predicted molar refractivity (Wildman–Crippen MR) is 75.1 cm³/mol. The molecule has 0 aliphatic rings. The van der Waals surface area contributed by atoms with Crippen molar-refractivity contribution in [3.05, 3.63) is 28.2 Å². The van der Waals surface area contributed by atoms with Gasteiger partial charge in [0.1, 0.15) is 5.82 Å². The molecule has 2 aromatic heterocycles. The van der Waals surface area contributed by atoms with Crippen molar-refractivity contribution < 1.29 is 5.11 Å². The van der Waals surface area contributed by atoms with Crippen LogP contribution in [0.3, 0.4) is 0 Å². The second kappa shape index (κ2) is 6.36. The molecule has 18 heavy (non-hydrogen) atoms. The number of hydrogen-bond donors (Lipinski definition) is 1. The van der Waals surface area contributed by atoms with Gasteiger partial charge in [-0.2, -0.15) is 0 Å². The average molecular weight is 283 g/mol. The first kappa shape index (κ1) is 13.6. The lowest BCUT2D eigenvalue weighted by molar-refractivity contribution is 0.179. The summed E-state index contributed by atoms with van der Waals surface area (Å²) in [5.41, 5.74) is 0. The number of rotatable bonds is 6.